The number of urea groups is 1. The maximum atomic E-state index is 13.1. The lowest BCUT2D eigenvalue weighted by atomic mass is 9.97. The highest BCUT2D eigenvalue weighted by Crippen LogP contribution is 2.57. The Hall–Kier alpha value is -2.32. The molecule has 0 spiro atoms. The average Bonchev–Trinajstić information content (AvgIpc) is 3.76. The Morgan fingerprint density at radius 2 is 1.97 bits per heavy atom. The molecule has 7 nitrogen and oxygen atoms in total. The molecule has 2 aromatic heterocycles. The topological polar surface area (TPSA) is 74.6 Å². The normalized spacial score (nSPS) is 29.8. The molecule has 6 atom stereocenters. The lowest BCUT2D eigenvalue weighted by Gasteiger charge is -2.33. The van der Waals surface area contributed by atoms with Crippen LogP contribution in [0.4, 0.5) is 10.6 Å². The van der Waals surface area contributed by atoms with Crippen molar-refractivity contribution in [2.75, 3.05) is 25.0 Å². The number of likely N-dealkylation sites (tertiary alicyclic amines) is 1. The van der Waals surface area contributed by atoms with E-state index in [9.17, 15) is 4.79 Å². The molecule has 0 bridgehead atoms. The van der Waals surface area contributed by atoms with Gasteiger partial charge in [-0.25, -0.2) is 9.78 Å². The molecule has 2 N–H and O–H groups in total. The molecule has 3 aromatic rings. The highest BCUT2D eigenvalue weighted by molar-refractivity contribution is 9.10. The number of carbonyl (C=O) groups is 1. The van der Waals surface area contributed by atoms with E-state index in [2.05, 4.69) is 31.7 Å². The Bertz CT molecular complexity index is 1350. The Kier molecular flexibility index (Phi) is 6.51. The first-order valence-electron chi connectivity index (χ1n) is 14.1. The molecular weight excluding hydrogens is 564 g/mol. The number of fused-ring (bicyclic) bond motifs is 2. The van der Waals surface area contributed by atoms with Crippen molar-refractivity contribution >= 4 is 45.0 Å². The molecule has 1 saturated heterocycles. The number of rotatable bonds is 7. The van der Waals surface area contributed by atoms with Crippen molar-refractivity contribution in [1.29, 1.82) is 0 Å². The van der Waals surface area contributed by atoms with Crippen molar-refractivity contribution in [3.05, 3.63) is 46.0 Å². The van der Waals surface area contributed by atoms with Gasteiger partial charge in [-0.2, -0.15) is 9.61 Å². The fourth-order valence-corrected chi connectivity index (χ4v) is 7.51. The molecule has 200 valence electrons. The maximum absolute atomic E-state index is 13.1. The summed E-state index contributed by atoms with van der Waals surface area (Å²) in [4.78, 5) is 19.9. The lowest BCUT2D eigenvalue weighted by molar-refractivity contribution is 0.167. The highest BCUT2D eigenvalue weighted by atomic mass is 79.9. The summed E-state index contributed by atoms with van der Waals surface area (Å²) in [6.45, 7) is 2.38. The number of anilines is 1. The summed E-state index contributed by atoms with van der Waals surface area (Å²) in [5.74, 6) is 4.96. The maximum Gasteiger partial charge on any atom is 0.317 e. The van der Waals surface area contributed by atoms with Crippen molar-refractivity contribution in [2.24, 2.45) is 29.6 Å². The summed E-state index contributed by atoms with van der Waals surface area (Å²) in [5, 5.41) is 12.1. The Morgan fingerprint density at radius 3 is 2.82 bits per heavy atom. The molecule has 3 aliphatic carbocycles. The zero-order chi connectivity index (χ0) is 25.8. The van der Waals surface area contributed by atoms with E-state index in [0.29, 0.717) is 22.9 Å². The molecule has 4 aliphatic rings. The SMILES string of the molecule is O=C(N[C@@H]1C[C@@H]1C[C@@H]1CC2C[C@H]2C1)N1CCCC(CNc2cc(-c3ccccc3Cl)nc3c(Br)cnn23)C1. The third kappa shape index (κ3) is 5.02. The van der Waals surface area contributed by atoms with Crippen LogP contribution in [0.2, 0.25) is 5.02 Å². The monoisotopic (exact) mass is 596 g/mol. The van der Waals surface area contributed by atoms with Crippen LogP contribution in [-0.4, -0.2) is 51.2 Å². The second-order valence-electron chi connectivity index (χ2n) is 12.0. The number of piperidine rings is 1. The molecule has 3 heterocycles. The second-order valence-corrected chi connectivity index (χ2v) is 13.2. The summed E-state index contributed by atoms with van der Waals surface area (Å²) in [6, 6.07) is 10.3. The molecule has 1 aliphatic heterocycles. The fourth-order valence-electron chi connectivity index (χ4n) is 6.93. The largest absolute Gasteiger partial charge is 0.370 e. The van der Waals surface area contributed by atoms with Crippen LogP contribution in [0.25, 0.3) is 16.9 Å². The highest BCUT2D eigenvalue weighted by Gasteiger charge is 2.49. The van der Waals surface area contributed by atoms with E-state index in [4.69, 9.17) is 16.6 Å². The number of hydrogen-bond donors (Lipinski definition) is 2. The zero-order valence-corrected chi connectivity index (χ0v) is 23.8. The van der Waals surface area contributed by atoms with Crippen LogP contribution in [-0.2, 0) is 0 Å². The first kappa shape index (κ1) is 24.7. The number of nitrogens with zero attached hydrogens (tertiary/aromatic N) is 4. The van der Waals surface area contributed by atoms with Gasteiger partial charge in [-0.1, -0.05) is 29.8 Å². The minimum atomic E-state index is 0.125. The van der Waals surface area contributed by atoms with Gasteiger partial charge in [0.15, 0.2) is 5.65 Å². The van der Waals surface area contributed by atoms with Crippen molar-refractivity contribution < 1.29 is 4.79 Å². The summed E-state index contributed by atoms with van der Waals surface area (Å²) >= 11 is 10.1. The van der Waals surface area contributed by atoms with Crippen molar-refractivity contribution in [1.82, 2.24) is 24.8 Å². The van der Waals surface area contributed by atoms with Gasteiger partial charge in [0.2, 0.25) is 0 Å². The third-order valence-electron chi connectivity index (χ3n) is 9.17. The zero-order valence-electron chi connectivity index (χ0n) is 21.5. The molecule has 2 amide bonds. The number of carbonyl (C=O) groups excluding carboxylic acids is 1. The lowest BCUT2D eigenvalue weighted by Crippen LogP contribution is -2.47. The van der Waals surface area contributed by atoms with E-state index in [0.717, 1.165) is 77.4 Å². The van der Waals surface area contributed by atoms with Gasteiger partial charge in [0.05, 0.1) is 16.4 Å². The van der Waals surface area contributed by atoms with E-state index in [1.165, 1.54) is 32.1 Å². The first-order chi connectivity index (χ1) is 18.5. The van der Waals surface area contributed by atoms with Crippen LogP contribution in [0.15, 0.2) is 41.0 Å². The molecule has 1 aromatic carbocycles. The molecule has 38 heavy (non-hydrogen) atoms. The van der Waals surface area contributed by atoms with Crippen molar-refractivity contribution in [2.45, 2.75) is 51.0 Å². The Labute approximate surface area is 236 Å². The van der Waals surface area contributed by atoms with Gasteiger partial charge in [0.25, 0.3) is 0 Å². The van der Waals surface area contributed by atoms with Gasteiger partial charge in [-0.05, 0) is 96.5 Å². The van der Waals surface area contributed by atoms with E-state index in [1.807, 2.05) is 39.7 Å². The molecule has 2 unspecified atom stereocenters. The molecule has 3 saturated carbocycles. The predicted octanol–water partition coefficient (Wildman–Crippen LogP) is 6.47. The summed E-state index contributed by atoms with van der Waals surface area (Å²) in [6.07, 6.45) is 10.8. The summed E-state index contributed by atoms with van der Waals surface area (Å²) in [7, 11) is 0. The fraction of sp³-hybridized carbons (Fsp3) is 0.552. The van der Waals surface area contributed by atoms with Gasteiger partial charge in [-0.15, -0.1) is 0 Å². The van der Waals surface area contributed by atoms with Crippen LogP contribution in [0, 0.1) is 29.6 Å². The summed E-state index contributed by atoms with van der Waals surface area (Å²) in [5.41, 5.74) is 2.42. The van der Waals surface area contributed by atoms with Crippen molar-refractivity contribution in [3.8, 4) is 11.3 Å². The minimum absolute atomic E-state index is 0.125. The van der Waals surface area contributed by atoms with Gasteiger partial charge in [0.1, 0.15) is 5.82 Å². The standard InChI is InChI=1S/C29H34BrClN6O/c30-23-15-33-37-27(13-26(34-28(23)37)22-5-1-2-6-24(22)31)32-14-17-4-3-7-36(16-17)29(38)35-25-12-21(25)10-18-8-19-11-20(19)9-18/h1-2,5-6,13,15,17-21,25,32H,3-4,7-12,14,16H2,(H,35,38)/t17?,18-,19+,20?,21-,25+/m0/s1. The quantitative estimate of drug-likeness (QED) is 0.327. The van der Waals surface area contributed by atoms with E-state index < -0.39 is 0 Å². The number of halogens is 2. The molecule has 9 heteroatoms. The van der Waals surface area contributed by atoms with Crippen LogP contribution < -0.4 is 10.6 Å². The first-order valence-corrected chi connectivity index (χ1v) is 15.3. The molecule has 7 rings (SSSR count). The molecule has 4 fully saturated rings. The third-order valence-corrected chi connectivity index (χ3v) is 10.1. The van der Waals surface area contributed by atoms with Gasteiger partial charge >= 0.3 is 6.03 Å². The second kappa shape index (κ2) is 10.0. The Balaban J connectivity index is 0.970. The van der Waals surface area contributed by atoms with Crippen LogP contribution >= 0.6 is 27.5 Å². The Morgan fingerprint density at radius 1 is 1.13 bits per heavy atom. The molecular formula is C29H34BrClN6O. The number of nitrogens with one attached hydrogen (secondary N) is 2. The van der Waals surface area contributed by atoms with Gasteiger partial charge in [-0.3, -0.25) is 0 Å². The number of benzene rings is 1. The predicted molar refractivity (Wildman–Crippen MR) is 153 cm³/mol. The van der Waals surface area contributed by atoms with Crippen LogP contribution in [0.3, 0.4) is 0 Å². The summed E-state index contributed by atoms with van der Waals surface area (Å²) < 4.78 is 2.65. The minimum Gasteiger partial charge on any atom is -0.370 e. The number of aromatic nitrogens is 3. The smallest absolute Gasteiger partial charge is 0.317 e. The van der Waals surface area contributed by atoms with Crippen LogP contribution in [0.1, 0.15) is 44.9 Å². The van der Waals surface area contributed by atoms with Gasteiger partial charge < -0.3 is 15.5 Å². The van der Waals surface area contributed by atoms with E-state index >= 15 is 0 Å². The molecule has 0 radical (unpaired) electrons. The van der Waals surface area contributed by atoms with E-state index in [-0.39, 0.29) is 6.03 Å². The number of amides is 2. The van der Waals surface area contributed by atoms with E-state index in [1.54, 1.807) is 6.20 Å². The van der Waals surface area contributed by atoms with Gasteiger partial charge in [0, 0.05) is 42.3 Å². The van der Waals surface area contributed by atoms with Crippen LogP contribution in [0.5, 0.6) is 0 Å². The van der Waals surface area contributed by atoms with Crippen molar-refractivity contribution in [3.63, 3.8) is 0 Å². The number of hydrogen-bond acceptors (Lipinski definition) is 4. The average molecular weight is 598 g/mol.